The van der Waals surface area contributed by atoms with E-state index in [2.05, 4.69) is 19.2 Å². The van der Waals surface area contributed by atoms with Crippen LogP contribution in [0.3, 0.4) is 0 Å². The third-order valence-corrected chi connectivity index (χ3v) is 3.54. The van der Waals surface area contributed by atoms with Crippen LogP contribution in [0.4, 0.5) is 10.1 Å². The number of benzene rings is 1. The molecule has 0 saturated carbocycles. The molecule has 1 fully saturated rings. The molecule has 0 aliphatic carbocycles. The first-order valence-corrected chi connectivity index (χ1v) is 6.56. The second-order valence-corrected chi connectivity index (χ2v) is 5.29. The van der Waals surface area contributed by atoms with Crippen molar-refractivity contribution in [3.8, 4) is 0 Å². The van der Waals surface area contributed by atoms with Gasteiger partial charge in [-0.3, -0.25) is 4.79 Å². The maximum atomic E-state index is 13.4. The van der Waals surface area contributed by atoms with Gasteiger partial charge in [0.2, 0.25) is 0 Å². The smallest absolute Gasteiger partial charge is 0.254 e. The number of anilines is 1. The van der Waals surface area contributed by atoms with Crippen LogP contribution in [0.25, 0.3) is 0 Å². The summed E-state index contributed by atoms with van der Waals surface area (Å²) in [7, 11) is 0. The van der Waals surface area contributed by atoms with Crippen molar-refractivity contribution < 1.29 is 9.18 Å². The highest BCUT2D eigenvalue weighted by Gasteiger charge is 2.26. The monoisotopic (exact) mass is 265 g/mol. The van der Waals surface area contributed by atoms with Gasteiger partial charge in [0.25, 0.3) is 5.91 Å². The maximum Gasteiger partial charge on any atom is 0.254 e. The Hall–Kier alpha value is -1.62. The van der Waals surface area contributed by atoms with Crippen molar-refractivity contribution in [1.29, 1.82) is 0 Å². The molecule has 1 atom stereocenters. The second kappa shape index (κ2) is 5.57. The molecule has 1 unspecified atom stereocenters. The van der Waals surface area contributed by atoms with Crippen LogP contribution < -0.4 is 11.1 Å². The summed E-state index contributed by atoms with van der Waals surface area (Å²) in [4.78, 5) is 14.1. The number of halogens is 1. The molecule has 0 spiro atoms. The van der Waals surface area contributed by atoms with Crippen LogP contribution in [-0.4, -0.2) is 36.5 Å². The highest BCUT2D eigenvalue weighted by atomic mass is 19.1. The summed E-state index contributed by atoms with van der Waals surface area (Å²) in [5.41, 5.74) is 5.84. The van der Waals surface area contributed by atoms with Crippen molar-refractivity contribution in [2.45, 2.75) is 19.9 Å². The lowest BCUT2D eigenvalue weighted by Gasteiger charge is -2.35. The number of carbonyl (C=O) groups is 1. The normalized spacial score (nSPS) is 19.8. The molecule has 1 aliphatic rings. The molecule has 5 heteroatoms. The average molecular weight is 265 g/mol. The van der Waals surface area contributed by atoms with E-state index in [-0.39, 0.29) is 17.6 Å². The number of nitrogens with one attached hydrogen (secondary N) is 1. The second-order valence-electron chi connectivity index (χ2n) is 5.29. The fraction of sp³-hybridized carbons (Fsp3) is 0.500. The van der Waals surface area contributed by atoms with E-state index < -0.39 is 5.82 Å². The van der Waals surface area contributed by atoms with E-state index in [1.54, 1.807) is 11.0 Å². The van der Waals surface area contributed by atoms with E-state index in [1.165, 1.54) is 12.1 Å². The zero-order valence-electron chi connectivity index (χ0n) is 11.3. The predicted molar refractivity (Wildman–Crippen MR) is 73.3 cm³/mol. The van der Waals surface area contributed by atoms with Gasteiger partial charge in [-0.1, -0.05) is 13.8 Å². The molecule has 104 valence electrons. The molecule has 1 aromatic carbocycles. The lowest BCUT2D eigenvalue weighted by Crippen LogP contribution is -2.54. The molecular weight excluding hydrogens is 245 g/mol. The van der Waals surface area contributed by atoms with Gasteiger partial charge in [-0.05, 0) is 24.1 Å². The summed E-state index contributed by atoms with van der Waals surface area (Å²) in [6.07, 6.45) is 0. The van der Waals surface area contributed by atoms with E-state index in [9.17, 15) is 9.18 Å². The molecule has 19 heavy (non-hydrogen) atoms. The third kappa shape index (κ3) is 3.04. The number of nitrogen functional groups attached to an aromatic ring is 1. The largest absolute Gasteiger partial charge is 0.396 e. The molecule has 1 saturated heterocycles. The Bertz CT molecular complexity index is 476. The molecule has 2 rings (SSSR count). The number of rotatable bonds is 2. The molecule has 0 radical (unpaired) electrons. The zero-order valence-corrected chi connectivity index (χ0v) is 11.3. The molecule has 1 heterocycles. The first-order valence-electron chi connectivity index (χ1n) is 6.56. The molecule has 1 amide bonds. The number of hydrogen-bond acceptors (Lipinski definition) is 3. The summed E-state index contributed by atoms with van der Waals surface area (Å²) in [6.45, 7) is 6.31. The van der Waals surface area contributed by atoms with Crippen LogP contribution in [0, 0.1) is 11.7 Å². The molecule has 3 N–H and O–H groups in total. The van der Waals surface area contributed by atoms with Crippen molar-refractivity contribution >= 4 is 11.6 Å². The van der Waals surface area contributed by atoms with Gasteiger partial charge in [0.15, 0.2) is 0 Å². The molecular formula is C14H20FN3O. The predicted octanol–water partition coefficient (Wildman–Crippen LogP) is 1.48. The van der Waals surface area contributed by atoms with Gasteiger partial charge in [0, 0.05) is 31.2 Å². The Labute approximate surface area is 112 Å². The molecule has 1 aromatic rings. The Morgan fingerprint density at radius 1 is 1.53 bits per heavy atom. The van der Waals surface area contributed by atoms with Crippen LogP contribution in [0.15, 0.2) is 18.2 Å². The highest BCUT2D eigenvalue weighted by Crippen LogP contribution is 2.16. The minimum absolute atomic E-state index is 0.0666. The number of hydrogen-bond donors (Lipinski definition) is 2. The number of nitrogens with zero attached hydrogens (tertiary/aromatic N) is 1. The standard InChI is InChI=1S/C14H20FN3O/c1-9(2)13-8-18(6-5-17-13)14(19)10-3-4-12(16)11(15)7-10/h3-4,7,9,13,17H,5-6,8,16H2,1-2H3. The topological polar surface area (TPSA) is 58.4 Å². The Balaban J connectivity index is 2.12. The van der Waals surface area contributed by atoms with Crippen molar-refractivity contribution in [1.82, 2.24) is 10.2 Å². The molecule has 4 nitrogen and oxygen atoms in total. The van der Waals surface area contributed by atoms with E-state index >= 15 is 0 Å². The first-order chi connectivity index (χ1) is 8.99. The Morgan fingerprint density at radius 2 is 2.26 bits per heavy atom. The van der Waals surface area contributed by atoms with Crippen LogP contribution in [0.5, 0.6) is 0 Å². The minimum Gasteiger partial charge on any atom is -0.396 e. The van der Waals surface area contributed by atoms with Crippen molar-refractivity contribution in [3.05, 3.63) is 29.6 Å². The zero-order chi connectivity index (χ0) is 14.0. The summed E-state index contributed by atoms with van der Waals surface area (Å²) >= 11 is 0. The maximum absolute atomic E-state index is 13.4. The summed E-state index contributed by atoms with van der Waals surface area (Å²) in [5.74, 6) is -0.216. The van der Waals surface area contributed by atoms with Crippen LogP contribution >= 0.6 is 0 Å². The lowest BCUT2D eigenvalue weighted by molar-refractivity contribution is 0.0683. The first kappa shape index (κ1) is 13.8. The van der Waals surface area contributed by atoms with E-state index in [0.29, 0.717) is 24.6 Å². The average Bonchev–Trinajstić information content (AvgIpc) is 2.41. The molecule has 0 bridgehead atoms. The number of nitrogens with two attached hydrogens (primary N) is 1. The van der Waals surface area contributed by atoms with Gasteiger partial charge in [0.1, 0.15) is 5.82 Å². The Kier molecular flexibility index (Phi) is 4.04. The summed E-state index contributed by atoms with van der Waals surface area (Å²) in [5, 5.41) is 3.39. The van der Waals surface area contributed by atoms with Gasteiger partial charge >= 0.3 is 0 Å². The van der Waals surface area contributed by atoms with Crippen LogP contribution in [-0.2, 0) is 0 Å². The van der Waals surface area contributed by atoms with Crippen molar-refractivity contribution in [2.24, 2.45) is 5.92 Å². The van der Waals surface area contributed by atoms with E-state index in [0.717, 1.165) is 6.54 Å². The third-order valence-electron chi connectivity index (χ3n) is 3.54. The summed E-state index contributed by atoms with van der Waals surface area (Å²) in [6, 6.07) is 4.51. The minimum atomic E-state index is -0.540. The molecule has 0 aromatic heterocycles. The lowest BCUT2D eigenvalue weighted by atomic mass is 10.0. The fourth-order valence-electron chi connectivity index (χ4n) is 2.25. The Morgan fingerprint density at radius 3 is 2.89 bits per heavy atom. The quantitative estimate of drug-likeness (QED) is 0.796. The van der Waals surface area contributed by atoms with Gasteiger partial charge in [-0.15, -0.1) is 0 Å². The van der Waals surface area contributed by atoms with Crippen molar-refractivity contribution in [3.63, 3.8) is 0 Å². The van der Waals surface area contributed by atoms with Gasteiger partial charge in [0.05, 0.1) is 5.69 Å². The highest BCUT2D eigenvalue weighted by molar-refractivity contribution is 5.94. The van der Waals surface area contributed by atoms with Crippen molar-refractivity contribution in [2.75, 3.05) is 25.4 Å². The SMILES string of the molecule is CC(C)C1CN(C(=O)c2ccc(N)c(F)c2)CCN1. The van der Waals surface area contributed by atoms with Gasteiger partial charge in [-0.2, -0.15) is 0 Å². The van der Waals surface area contributed by atoms with E-state index in [4.69, 9.17) is 5.73 Å². The van der Waals surface area contributed by atoms with Gasteiger partial charge < -0.3 is 16.0 Å². The molecule has 1 aliphatic heterocycles. The number of amides is 1. The summed E-state index contributed by atoms with van der Waals surface area (Å²) < 4.78 is 13.4. The number of piperazine rings is 1. The number of carbonyl (C=O) groups excluding carboxylic acids is 1. The van der Waals surface area contributed by atoms with E-state index in [1.807, 2.05) is 0 Å². The van der Waals surface area contributed by atoms with Crippen LogP contribution in [0.2, 0.25) is 0 Å². The van der Waals surface area contributed by atoms with Gasteiger partial charge in [-0.25, -0.2) is 4.39 Å². The van der Waals surface area contributed by atoms with Crippen LogP contribution in [0.1, 0.15) is 24.2 Å². The fourth-order valence-corrected chi connectivity index (χ4v) is 2.25.